The zero-order valence-corrected chi connectivity index (χ0v) is 12.7. The molecule has 0 aliphatic rings. The summed E-state index contributed by atoms with van der Waals surface area (Å²) >= 11 is 0. The molecule has 0 atom stereocenters. The summed E-state index contributed by atoms with van der Waals surface area (Å²) in [6, 6.07) is 6.68. The molecule has 1 N–H and O–H groups in total. The Morgan fingerprint density at radius 3 is 2.00 bits per heavy atom. The van der Waals surface area contributed by atoms with Gasteiger partial charge in [-0.3, -0.25) is 0 Å². The molecule has 0 fully saturated rings. The molecular weight excluding hydrogens is 286 g/mol. The molecule has 0 heterocycles. The van der Waals surface area contributed by atoms with Crippen molar-refractivity contribution in [2.24, 2.45) is 0 Å². The van der Waals surface area contributed by atoms with Crippen LogP contribution in [0.1, 0.15) is 5.56 Å². The minimum Gasteiger partial charge on any atom is -0.315 e. The van der Waals surface area contributed by atoms with Crippen molar-refractivity contribution < 1.29 is 16.8 Å². The fourth-order valence-corrected chi connectivity index (χ4v) is 3.17. The maximum atomic E-state index is 11.9. The van der Waals surface area contributed by atoms with Crippen molar-refractivity contribution >= 4 is 19.7 Å². The van der Waals surface area contributed by atoms with Gasteiger partial charge in [0.1, 0.15) is 9.84 Å². The number of aryl methyl sites for hydroxylation is 1. The molecule has 0 spiro atoms. The van der Waals surface area contributed by atoms with Crippen LogP contribution in [0.4, 0.5) is 0 Å². The summed E-state index contributed by atoms with van der Waals surface area (Å²) < 4.78 is 45.7. The molecule has 1 aromatic carbocycles. The molecule has 0 bridgehead atoms. The molecule has 0 radical (unpaired) electrons. The smallest absolute Gasteiger partial charge is 0.179 e. The van der Waals surface area contributed by atoms with Crippen LogP contribution in [0.15, 0.2) is 29.2 Å². The topological polar surface area (TPSA) is 80.3 Å². The number of hydrogen-bond donors (Lipinski definition) is 1. The second-order valence-corrected chi connectivity index (χ2v) is 8.88. The fraction of sp³-hybridized carbons (Fsp3) is 0.500. The van der Waals surface area contributed by atoms with E-state index in [1.807, 2.05) is 6.92 Å². The molecule has 1 rings (SSSR count). The van der Waals surface area contributed by atoms with Crippen LogP contribution in [0.3, 0.4) is 0 Å². The summed E-state index contributed by atoms with van der Waals surface area (Å²) in [5, 5.41) is 2.82. The lowest BCUT2D eigenvalue weighted by molar-refractivity contribution is 0.590. The quantitative estimate of drug-likeness (QED) is 0.738. The van der Waals surface area contributed by atoms with E-state index in [1.165, 1.54) is 0 Å². The first kappa shape index (κ1) is 16.1. The van der Waals surface area contributed by atoms with E-state index in [4.69, 9.17) is 0 Å². The van der Waals surface area contributed by atoms with Gasteiger partial charge in [-0.15, -0.1) is 0 Å². The van der Waals surface area contributed by atoms with Gasteiger partial charge in [0.15, 0.2) is 9.84 Å². The summed E-state index contributed by atoms with van der Waals surface area (Å²) in [4.78, 5) is 0.294. The van der Waals surface area contributed by atoms with Crippen LogP contribution in [0.2, 0.25) is 0 Å². The van der Waals surface area contributed by atoms with Gasteiger partial charge in [0.25, 0.3) is 0 Å². The summed E-state index contributed by atoms with van der Waals surface area (Å²) in [6.07, 6.45) is 1.15. The third-order valence-corrected chi connectivity index (χ3v) is 5.25. The molecule has 0 unspecified atom stereocenters. The van der Waals surface area contributed by atoms with Crippen molar-refractivity contribution in [2.75, 3.05) is 30.9 Å². The Labute approximate surface area is 114 Å². The molecule has 7 heteroatoms. The van der Waals surface area contributed by atoms with Crippen molar-refractivity contribution in [1.29, 1.82) is 0 Å². The van der Waals surface area contributed by atoms with Gasteiger partial charge in [-0.2, -0.15) is 0 Å². The molecule has 0 aliphatic heterocycles. The van der Waals surface area contributed by atoms with E-state index in [-0.39, 0.29) is 24.6 Å². The van der Waals surface area contributed by atoms with E-state index in [0.717, 1.165) is 11.8 Å². The zero-order valence-electron chi connectivity index (χ0n) is 11.1. The van der Waals surface area contributed by atoms with Gasteiger partial charge in [-0.25, -0.2) is 16.8 Å². The summed E-state index contributed by atoms with van der Waals surface area (Å²) in [6.45, 7) is 2.40. The minimum atomic E-state index is -3.30. The number of sulfone groups is 2. The van der Waals surface area contributed by atoms with Gasteiger partial charge < -0.3 is 5.32 Å². The third kappa shape index (κ3) is 6.17. The molecule has 5 nitrogen and oxygen atoms in total. The molecule has 1 aromatic rings. The SMILES string of the molecule is Cc1ccc(S(=O)(=O)CCNCCS(C)(=O)=O)cc1. The minimum absolute atomic E-state index is 0.0115. The summed E-state index contributed by atoms with van der Waals surface area (Å²) in [7, 11) is -6.31. The van der Waals surface area contributed by atoms with Gasteiger partial charge >= 0.3 is 0 Å². The maximum Gasteiger partial charge on any atom is 0.179 e. The Morgan fingerprint density at radius 2 is 1.47 bits per heavy atom. The molecular formula is C12H19NO4S2. The van der Waals surface area contributed by atoms with Gasteiger partial charge in [0.05, 0.1) is 16.4 Å². The predicted molar refractivity (Wildman–Crippen MR) is 75.8 cm³/mol. The Balaban J connectivity index is 2.46. The highest BCUT2D eigenvalue weighted by atomic mass is 32.2. The van der Waals surface area contributed by atoms with Crippen molar-refractivity contribution in [3.63, 3.8) is 0 Å². The average molecular weight is 305 g/mol. The van der Waals surface area contributed by atoms with Gasteiger partial charge in [0, 0.05) is 19.3 Å². The standard InChI is InChI=1S/C12H19NO4S2/c1-11-3-5-12(6-4-11)19(16,17)10-8-13-7-9-18(2,14)15/h3-6,13H,7-10H2,1-2H3. The van der Waals surface area contributed by atoms with E-state index < -0.39 is 19.7 Å². The second kappa shape index (κ2) is 6.49. The molecule has 0 aromatic heterocycles. The molecule has 108 valence electrons. The number of benzene rings is 1. The highest BCUT2D eigenvalue weighted by Crippen LogP contribution is 2.11. The van der Waals surface area contributed by atoms with Crippen molar-refractivity contribution in [2.45, 2.75) is 11.8 Å². The maximum absolute atomic E-state index is 11.9. The van der Waals surface area contributed by atoms with Crippen LogP contribution in [0.5, 0.6) is 0 Å². The van der Waals surface area contributed by atoms with E-state index in [0.29, 0.717) is 4.90 Å². The number of nitrogens with one attached hydrogen (secondary N) is 1. The highest BCUT2D eigenvalue weighted by Gasteiger charge is 2.13. The van der Waals surface area contributed by atoms with Gasteiger partial charge in [-0.1, -0.05) is 17.7 Å². The average Bonchev–Trinajstić information content (AvgIpc) is 2.27. The fourth-order valence-electron chi connectivity index (χ4n) is 1.45. The van der Waals surface area contributed by atoms with Crippen LogP contribution in [-0.4, -0.2) is 47.7 Å². The van der Waals surface area contributed by atoms with E-state index in [1.54, 1.807) is 24.3 Å². The van der Waals surface area contributed by atoms with Gasteiger partial charge in [-0.05, 0) is 19.1 Å². The molecule has 0 saturated carbocycles. The normalized spacial score (nSPS) is 12.5. The molecule has 0 amide bonds. The predicted octanol–water partition coefficient (Wildman–Crippen LogP) is 0.403. The van der Waals surface area contributed by atoms with E-state index in [9.17, 15) is 16.8 Å². The molecule has 0 aliphatic carbocycles. The Bertz CT molecular complexity index is 604. The lowest BCUT2D eigenvalue weighted by Gasteiger charge is -2.06. The van der Waals surface area contributed by atoms with Crippen molar-refractivity contribution in [1.82, 2.24) is 5.32 Å². The third-order valence-electron chi connectivity index (χ3n) is 2.58. The van der Waals surface area contributed by atoms with E-state index in [2.05, 4.69) is 5.32 Å². The first-order chi connectivity index (χ1) is 8.71. The lowest BCUT2D eigenvalue weighted by Crippen LogP contribution is -2.27. The Morgan fingerprint density at radius 1 is 0.947 bits per heavy atom. The zero-order chi connectivity index (χ0) is 14.5. The van der Waals surface area contributed by atoms with Crippen LogP contribution in [0.25, 0.3) is 0 Å². The van der Waals surface area contributed by atoms with E-state index >= 15 is 0 Å². The van der Waals surface area contributed by atoms with Crippen molar-refractivity contribution in [3.8, 4) is 0 Å². The summed E-state index contributed by atoms with van der Waals surface area (Å²) in [5.41, 5.74) is 1.00. The monoisotopic (exact) mass is 305 g/mol. The molecule has 19 heavy (non-hydrogen) atoms. The van der Waals surface area contributed by atoms with Crippen LogP contribution in [0, 0.1) is 6.92 Å². The van der Waals surface area contributed by atoms with Crippen molar-refractivity contribution in [3.05, 3.63) is 29.8 Å². The van der Waals surface area contributed by atoms with Crippen LogP contribution in [-0.2, 0) is 19.7 Å². The largest absolute Gasteiger partial charge is 0.315 e. The first-order valence-electron chi connectivity index (χ1n) is 5.88. The Hall–Kier alpha value is -0.920. The number of rotatable bonds is 7. The first-order valence-corrected chi connectivity index (χ1v) is 9.60. The molecule has 0 saturated heterocycles. The second-order valence-electron chi connectivity index (χ2n) is 4.51. The summed E-state index contributed by atoms with van der Waals surface area (Å²) in [5.74, 6) is -0.0304. The van der Waals surface area contributed by atoms with Crippen LogP contribution < -0.4 is 5.32 Å². The van der Waals surface area contributed by atoms with Crippen LogP contribution >= 0.6 is 0 Å². The highest BCUT2D eigenvalue weighted by molar-refractivity contribution is 7.91. The van der Waals surface area contributed by atoms with Gasteiger partial charge in [0.2, 0.25) is 0 Å². The Kier molecular flexibility index (Phi) is 5.51. The number of hydrogen-bond acceptors (Lipinski definition) is 5. The lowest BCUT2D eigenvalue weighted by atomic mass is 10.2.